The summed E-state index contributed by atoms with van der Waals surface area (Å²) in [7, 11) is 1.95. The van der Waals surface area contributed by atoms with Crippen LogP contribution in [0.4, 0.5) is 0 Å². The molecule has 0 aliphatic carbocycles. The van der Waals surface area contributed by atoms with Crippen molar-refractivity contribution < 1.29 is 4.79 Å². The van der Waals surface area contributed by atoms with Crippen LogP contribution in [0.15, 0.2) is 18.5 Å². The lowest BCUT2D eigenvalue weighted by atomic mass is 10.2. The van der Waals surface area contributed by atoms with Gasteiger partial charge in [0.25, 0.3) is 0 Å². The molecule has 0 spiro atoms. The fraction of sp³-hybridized carbons (Fsp3) is 0.444. The molecule has 1 aromatic rings. The van der Waals surface area contributed by atoms with Crippen LogP contribution >= 0.6 is 0 Å². The number of carbonyl (C=O) groups excluding carboxylic acids is 1. The topological polar surface area (TPSA) is 60.1 Å². The Hall–Kier alpha value is -1.29. The molecule has 0 saturated carbocycles. The van der Waals surface area contributed by atoms with E-state index < -0.39 is 0 Å². The van der Waals surface area contributed by atoms with Crippen LogP contribution in [-0.4, -0.2) is 17.0 Å². The van der Waals surface area contributed by atoms with Gasteiger partial charge in [-0.1, -0.05) is 0 Å². The van der Waals surface area contributed by atoms with E-state index in [2.05, 4.69) is 5.32 Å². The number of nitrogens with one attached hydrogen (secondary N) is 1. The van der Waals surface area contributed by atoms with Crippen molar-refractivity contribution in [3.63, 3.8) is 0 Å². The average molecular weight is 181 g/mol. The van der Waals surface area contributed by atoms with Gasteiger partial charge in [-0.25, -0.2) is 0 Å². The number of aromatic nitrogens is 1. The highest BCUT2D eigenvalue weighted by atomic mass is 16.1. The highest BCUT2D eigenvalue weighted by molar-refractivity contribution is 5.78. The normalized spacial score (nSPS) is 12.5. The van der Waals surface area contributed by atoms with E-state index in [4.69, 9.17) is 5.73 Å². The molecule has 0 fully saturated rings. The second kappa shape index (κ2) is 4.09. The van der Waals surface area contributed by atoms with Gasteiger partial charge in [-0.2, -0.15) is 0 Å². The number of rotatable bonds is 3. The maximum atomic E-state index is 11.0. The van der Waals surface area contributed by atoms with Crippen molar-refractivity contribution in [3.05, 3.63) is 24.0 Å². The molecule has 1 unspecified atom stereocenters. The maximum Gasteiger partial charge on any atom is 0.234 e. The van der Waals surface area contributed by atoms with Gasteiger partial charge < -0.3 is 15.6 Å². The van der Waals surface area contributed by atoms with E-state index in [-0.39, 0.29) is 18.5 Å². The summed E-state index contributed by atoms with van der Waals surface area (Å²) < 4.78 is 1.94. The van der Waals surface area contributed by atoms with E-state index in [9.17, 15) is 4.79 Å². The Labute approximate surface area is 77.7 Å². The van der Waals surface area contributed by atoms with E-state index in [1.807, 2.05) is 37.0 Å². The summed E-state index contributed by atoms with van der Waals surface area (Å²) in [5.74, 6) is -0.128. The third kappa shape index (κ3) is 2.59. The first-order chi connectivity index (χ1) is 6.13. The standard InChI is InChI=1S/C9H15N3O/c1-7(11-9(13)5-10)8-3-4-12(2)6-8/h3-4,6-7H,5,10H2,1-2H3,(H,11,13). The van der Waals surface area contributed by atoms with Crippen molar-refractivity contribution in [2.45, 2.75) is 13.0 Å². The van der Waals surface area contributed by atoms with Gasteiger partial charge in [0.1, 0.15) is 0 Å². The van der Waals surface area contributed by atoms with Crippen LogP contribution < -0.4 is 11.1 Å². The maximum absolute atomic E-state index is 11.0. The minimum Gasteiger partial charge on any atom is -0.357 e. The molecule has 0 bridgehead atoms. The third-order valence-electron chi connectivity index (χ3n) is 1.92. The Morgan fingerprint density at radius 3 is 2.92 bits per heavy atom. The molecular formula is C9H15N3O. The Bertz CT molecular complexity index is 293. The molecule has 0 aliphatic rings. The smallest absolute Gasteiger partial charge is 0.234 e. The predicted molar refractivity (Wildman–Crippen MR) is 51.0 cm³/mol. The SMILES string of the molecule is CC(NC(=O)CN)c1ccn(C)c1. The van der Waals surface area contributed by atoms with E-state index >= 15 is 0 Å². The Balaban J connectivity index is 2.58. The summed E-state index contributed by atoms with van der Waals surface area (Å²) in [6, 6.07) is 2.00. The molecule has 13 heavy (non-hydrogen) atoms. The summed E-state index contributed by atoms with van der Waals surface area (Å²) in [6.45, 7) is 1.97. The van der Waals surface area contributed by atoms with Gasteiger partial charge in [0.15, 0.2) is 0 Å². The lowest BCUT2D eigenvalue weighted by molar-refractivity contribution is -0.120. The van der Waals surface area contributed by atoms with Crippen LogP contribution in [-0.2, 0) is 11.8 Å². The minimum atomic E-state index is -0.128. The number of hydrogen-bond donors (Lipinski definition) is 2. The number of carbonyl (C=O) groups is 1. The minimum absolute atomic E-state index is 0.0252. The summed E-state index contributed by atoms with van der Waals surface area (Å²) >= 11 is 0. The summed E-state index contributed by atoms with van der Waals surface area (Å²) in [5, 5.41) is 2.78. The van der Waals surface area contributed by atoms with Gasteiger partial charge in [0.05, 0.1) is 12.6 Å². The first kappa shape index (κ1) is 9.80. The molecule has 1 amide bonds. The molecule has 4 heteroatoms. The fourth-order valence-electron chi connectivity index (χ4n) is 1.16. The van der Waals surface area contributed by atoms with Crippen molar-refractivity contribution >= 4 is 5.91 Å². The molecule has 3 N–H and O–H groups in total. The number of nitrogens with two attached hydrogens (primary N) is 1. The third-order valence-corrected chi connectivity index (χ3v) is 1.92. The van der Waals surface area contributed by atoms with Crippen LogP contribution in [0.25, 0.3) is 0 Å². The van der Waals surface area contributed by atoms with E-state index in [0.29, 0.717) is 0 Å². The monoisotopic (exact) mass is 181 g/mol. The van der Waals surface area contributed by atoms with Crippen LogP contribution in [0.1, 0.15) is 18.5 Å². The molecule has 72 valence electrons. The Morgan fingerprint density at radius 2 is 2.46 bits per heavy atom. The van der Waals surface area contributed by atoms with E-state index in [1.54, 1.807) is 0 Å². The second-order valence-corrected chi connectivity index (χ2v) is 3.10. The molecule has 0 saturated heterocycles. The molecule has 0 aliphatic heterocycles. The van der Waals surface area contributed by atoms with Gasteiger partial charge in [-0.05, 0) is 18.6 Å². The molecule has 4 nitrogen and oxygen atoms in total. The van der Waals surface area contributed by atoms with Crippen LogP contribution in [0, 0.1) is 0 Å². The lowest BCUT2D eigenvalue weighted by Crippen LogP contribution is -2.32. The van der Waals surface area contributed by atoms with Gasteiger partial charge in [0.2, 0.25) is 5.91 Å². The van der Waals surface area contributed by atoms with Crippen molar-refractivity contribution in [3.8, 4) is 0 Å². The van der Waals surface area contributed by atoms with E-state index in [1.165, 1.54) is 0 Å². The molecule has 0 aromatic carbocycles. The number of hydrogen-bond acceptors (Lipinski definition) is 2. The van der Waals surface area contributed by atoms with Crippen molar-refractivity contribution in [1.29, 1.82) is 0 Å². The van der Waals surface area contributed by atoms with Gasteiger partial charge in [-0.3, -0.25) is 4.79 Å². The zero-order chi connectivity index (χ0) is 9.84. The number of amides is 1. The van der Waals surface area contributed by atoms with Gasteiger partial charge in [0, 0.05) is 19.4 Å². The van der Waals surface area contributed by atoms with Crippen LogP contribution in [0.5, 0.6) is 0 Å². The molecular weight excluding hydrogens is 166 g/mol. The molecule has 0 radical (unpaired) electrons. The number of aryl methyl sites for hydroxylation is 1. The summed E-state index contributed by atoms with van der Waals surface area (Å²) in [5.41, 5.74) is 6.27. The average Bonchev–Trinajstić information content (AvgIpc) is 2.51. The fourth-order valence-corrected chi connectivity index (χ4v) is 1.16. The molecule has 1 aromatic heterocycles. The van der Waals surface area contributed by atoms with E-state index in [0.717, 1.165) is 5.56 Å². The molecule has 1 heterocycles. The van der Waals surface area contributed by atoms with Crippen LogP contribution in [0.3, 0.4) is 0 Å². The quantitative estimate of drug-likeness (QED) is 0.698. The molecule has 1 atom stereocenters. The summed E-state index contributed by atoms with van der Waals surface area (Å²) in [6.07, 6.45) is 3.92. The summed E-state index contributed by atoms with van der Waals surface area (Å²) in [4.78, 5) is 11.0. The highest BCUT2D eigenvalue weighted by Gasteiger charge is 2.08. The molecule has 1 rings (SSSR count). The first-order valence-corrected chi connectivity index (χ1v) is 4.24. The second-order valence-electron chi connectivity index (χ2n) is 3.10. The van der Waals surface area contributed by atoms with Crippen molar-refractivity contribution in [2.75, 3.05) is 6.54 Å². The number of nitrogens with zero attached hydrogens (tertiary/aromatic N) is 1. The Morgan fingerprint density at radius 1 is 1.77 bits per heavy atom. The van der Waals surface area contributed by atoms with Crippen molar-refractivity contribution in [1.82, 2.24) is 9.88 Å². The van der Waals surface area contributed by atoms with Gasteiger partial charge >= 0.3 is 0 Å². The van der Waals surface area contributed by atoms with Crippen LogP contribution in [0.2, 0.25) is 0 Å². The predicted octanol–water partition coefficient (Wildman–Crippen LogP) is 0.161. The Kier molecular flexibility index (Phi) is 3.08. The zero-order valence-corrected chi connectivity index (χ0v) is 7.95. The van der Waals surface area contributed by atoms with Gasteiger partial charge in [-0.15, -0.1) is 0 Å². The van der Waals surface area contributed by atoms with Crippen molar-refractivity contribution in [2.24, 2.45) is 12.8 Å². The lowest BCUT2D eigenvalue weighted by Gasteiger charge is -2.11. The first-order valence-electron chi connectivity index (χ1n) is 4.24. The largest absolute Gasteiger partial charge is 0.357 e. The highest BCUT2D eigenvalue weighted by Crippen LogP contribution is 2.11. The zero-order valence-electron chi connectivity index (χ0n) is 7.95.